The Labute approximate surface area is 171 Å². The van der Waals surface area contributed by atoms with Crippen molar-refractivity contribution in [2.75, 3.05) is 18.8 Å². The van der Waals surface area contributed by atoms with Gasteiger partial charge >= 0.3 is 0 Å². The lowest BCUT2D eigenvalue weighted by Crippen LogP contribution is -2.40. The molecule has 0 bridgehead atoms. The van der Waals surface area contributed by atoms with Crippen molar-refractivity contribution in [2.24, 2.45) is 5.92 Å². The summed E-state index contributed by atoms with van der Waals surface area (Å²) in [5, 5.41) is 9.37. The molecule has 1 aromatic carbocycles. The molecule has 7 heteroatoms. The van der Waals surface area contributed by atoms with Crippen molar-refractivity contribution in [2.45, 2.75) is 58.8 Å². The molecule has 1 fully saturated rings. The maximum absolute atomic E-state index is 12.5. The van der Waals surface area contributed by atoms with Gasteiger partial charge in [0, 0.05) is 19.6 Å². The molecule has 1 amide bonds. The second-order valence-electron chi connectivity index (χ2n) is 7.51. The summed E-state index contributed by atoms with van der Waals surface area (Å²) in [6.07, 6.45) is 2.31. The van der Waals surface area contributed by atoms with E-state index in [2.05, 4.69) is 44.0 Å². The van der Waals surface area contributed by atoms with Gasteiger partial charge < -0.3 is 14.2 Å². The van der Waals surface area contributed by atoms with Gasteiger partial charge in [-0.1, -0.05) is 30.8 Å². The van der Waals surface area contributed by atoms with E-state index >= 15 is 0 Å². The number of aryl methyl sites for hydroxylation is 1. The number of likely N-dealkylation sites (tertiary alicyclic amines) is 1. The lowest BCUT2D eigenvalue weighted by molar-refractivity contribution is -0.130. The van der Waals surface area contributed by atoms with E-state index in [4.69, 9.17) is 4.74 Å². The Morgan fingerprint density at radius 1 is 1.32 bits per heavy atom. The molecule has 3 rings (SSSR count). The van der Waals surface area contributed by atoms with Crippen molar-refractivity contribution >= 4 is 17.7 Å². The van der Waals surface area contributed by atoms with Crippen LogP contribution in [0.2, 0.25) is 0 Å². The van der Waals surface area contributed by atoms with Gasteiger partial charge in [0.25, 0.3) is 0 Å². The van der Waals surface area contributed by atoms with Crippen LogP contribution < -0.4 is 4.74 Å². The van der Waals surface area contributed by atoms with Crippen LogP contribution in [-0.2, 0) is 17.9 Å². The van der Waals surface area contributed by atoms with Gasteiger partial charge in [-0.15, -0.1) is 10.2 Å². The number of aromatic nitrogens is 3. The van der Waals surface area contributed by atoms with Gasteiger partial charge in [-0.25, -0.2) is 0 Å². The van der Waals surface area contributed by atoms with Crippen LogP contribution in [0.5, 0.6) is 5.75 Å². The highest BCUT2D eigenvalue weighted by Crippen LogP contribution is 2.23. The first-order valence-corrected chi connectivity index (χ1v) is 11.0. The number of piperidine rings is 1. The molecule has 2 aromatic rings. The standard InChI is InChI=1S/C21H30N4O2S/c1-5-25-19(13-27-18-10-6-9-16(3)17(18)4)22-23-21(25)28-14-20(26)24-11-7-8-15(2)12-24/h6,9-10,15H,5,7-8,11-14H2,1-4H3. The molecular formula is C21H30N4O2S. The van der Waals surface area contributed by atoms with Gasteiger partial charge in [-0.05, 0) is 56.7 Å². The first-order valence-electron chi connectivity index (χ1n) is 10.0. The Balaban J connectivity index is 1.60. The lowest BCUT2D eigenvalue weighted by Gasteiger charge is -2.30. The van der Waals surface area contributed by atoms with Crippen LogP contribution in [0.4, 0.5) is 0 Å². The third-order valence-electron chi connectivity index (χ3n) is 5.36. The maximum atomic E-state index is 12.5. The Morgan fingerprint density at radius 2 is 2.14 bits per heavy atom. The molecular weight excluding hydrogens is 372 g/mol. The molecule has 0 spiro atoms. The zero-order valence-electron chi connectivity index (χ0n) is 17.3. The van der Waals surface area contributed by atoms with Crippen LogP contribution >= 0.6 is 11.8 Å². The number of benzene rings is 1. The Bertz CT molecular complexity index is 821. The van der Waals surface area contributed by atoms with E-state index in [1.165, 1.54) is 23.7 Å². The topological polar surface area (TPSA) is 60.2 Å². The molecule has 1 unspecified atom stereocenters. The Morgan fingerprint density at radius 3 is 2.89 bits per heavy atom. The highest BCUT2D eigenvalue weighted by Gasteiger charge is 2.22. The van der Waals surface area contributed by atoms with Gasteiger partial charge in [0.1, 0.15) is 12.4 Å². The first kappa shape index (κ1) is 20.7. The predicted molar refractivity (Wildman–Crippen MR) is 112 cm³/mol. The largest absolute Gasteiger partial charge is 0.485 e. The molecule has 0 N–H and O–H groups in total. The van der Waals surface area contributed by atoms with Gasteiger partial charge in [-0.2, -0.15) is 0 Å². The van der Waals surface area contributed by atoms with Crippen LogP contribution in [0.1, 0.15) is 43.6 Å². The van der Waals surface area contributed by atoms with Crippen LogP contribution in [0, 0.1) is 19.8 Å². The molecule has 1 saturated heterocycles. The smallest absolute Gasteiger partial charge is 0.233 e. The molecule has 6 nitrogen and oxygen atoms in total. The van der Waals surface area contributed by atoms with Crippen molar-refractivity contribution in [1.82, 2.24) is 19.7 Å². The maximum Gasteiger partial charge on any atom is 0.233 e. The quantitative estimate of drug-likeness (QED) is 0.659. The number of ether oxygens (including phenoxy) is 1. The number of carbonyl (C=O) groups excluding carboxylic acids is 1. The summed E-state index contributed by atoms with van der Waals surface area (Å²) in [7, 11) is 0. The summed E-state index contributed by atoms with van der Waals surface area (Å²) in [6.45, 7) is 11.3. The molecule has 1 aromatic heterocycles. The predicted octanol–water partition coefficient (Wildman–Crippen LogP) is 3.84. The van der Waals surface area contributed by atoms with Crippen LogP contribution in [0.15, 0.2) is 23.4 Å². The number of amides is 1. The number of hydrogen-bond acceptors (Lipinski definition) is 5. The van der Waals surface area contributed by atoms with Crippen molar-refractivity contribution in [1.29, 1.82) is 0 Å². The fourth-order valence-electron chi connectivity index (χ4n) is 3.51. The number of thioether (sulfide) groups is 1. The molecule has 1 aliphatic rings. The Hall–Kier alpha value is -2.02. The van der Waals surface area contributed by atoms with Crippen LogP contribution in [0.25, 0.3) is 0 Å². The van der Waals surface area contributed by atoms with Crippen molar-refractivity contribution < 1.29 is 9.53 Å². The van der Waals surface area contributed by atoms with E-state index in [1.54, 1.807) is 0 Å². The average molecular weight is 403 g/mol. The van der Waals surface area contributed by atoms with Crippen LogP contribution in [0.3, 0.4) is 0 Å². The highest BCUT2D eigenvalue weighted by atomic mass is 32.2. The zero-order valence-corrected chi connectivity index (χ0v) is 18.1. The molecule has 0 radical (unpaired) electrons. The third-order valence-corrected chi connectivity index (χ3v) is 6.31. The Kier molecular flexibility index (Phi) is 6.99. The summed E-state index contributed by atoms with van der Waals surface area (Å²) in [5.74, 6) is 2.84. The minimum absolute atomic E-state index is 0.190. The van der Waals surface area contributed by atoms with E-state index in [0.717, 1.165) is 48.3 Å². The minimum atomic E-state index is 0.190. The lowest BCUT2D eigenvalue weighted by atomic mass is 10.0. The molecule has 152 valence electrons. The molecule has 1 aliphatic heterocycles. The summed E-state index contributed by atoms with van der Waals surface area (Å²) >= 11 is 1.47. The highest BCUT2D eigenvalue weighted by molar-refractivity contribution is 7.99. The van der Waals surface area contributed by atoms with Crippen molar-refractivity contribution in [3.05, 3.63) is 35.2 Å². The van der Waals surface area contributed by atoms with Crippen molar-refractivity contribution in [3.63, 3.8) is 0 Å². The van der Waals surface area contributed by atoms with Crippen LogP contribution in [-0.4, -0.2) is 44.4 Å². The average Bonchev–Trinajstić information content (AvgIpc) is 3.09. The normalized spacial score (nSPS) is 17.0. The van der Waals surface area contributed by atoms with E-state index in [0.29, 0.717) is 18.3 Å². The van der Waals surface area contributed by atoms with Gasteiger partial charge in [0.15, 0.2) is 11.0 Å². The minimum Gasteiger partial charge on any atom is -0.485 e. The summed E-state index contributed by atoms with van der Waals surface area (Å²) in [6, 6.07) is 6.05. The summed E-state index contributed by atoms with van der Waals surface area (Å²) < 4.78 is 8.01. The molecule has 0 saturated carbocycles. The first-order chi connectivity index (χ1) is 13.5. The fraction of sp³-hybridized carbons (Fsp3) is 0.571. The van der Waals surface area contributed by atoms with Gasteiger partial charge in [-0.3, -0.25) is 4.79 Å². The molecule has 1 atom stereocenters. The number of nitrogens with zero attached hydrogens (tertiary/aromatic N) is 4. The monoisotopic (exact) mass is 402 g/mol. The third kappa shape index (κ3) is 4.87. The molecule has 2 heterocycles. The summed E-state index contributed by atoms with van der Waals surface area (Å²) in [4.78, 5) is 14.5. The zero-order chi connectivity index (χ0) is 20.1. The van der Waals surface area contributed by atoms with E-state index in [-0.39, 0.29) is 5.91 Å². The second kappa shape index (κ2) is 9.45. The fourth-order valence-corrected chi connectivity index (χ4v) is 4.43. The number of rotatable bonds is 7. The molecule has 28 heavy (non-hydrogen) atoms. The summed E-state index contributed by atoms with van der Waals surface area (Å²) in [5.41, 5.74) is 2.34. The second-order valence-corrected chi connectivity index (χ2v) is 8.45. The van der Waals surface area contributed by atoms with Gasteiger partial charge in [0.2, 0.25) is 5.91 Å². The SMILES string of the molecule is CCn1c(COc2cccc(C)c2C)nnc1SCC(=O)N1CCCC(C)C1. The van der Waals surface area contributed by atoms with E-state index in [1.807, 2.05) is 21.6 Å². The number of hydrogen-bond donors (Lipinski definition) is 0. The van der Waals surface area contributed by atoms with Crippen molar-refractivity contribution in [3.8, 4) is 5.75 Å². The van der Waals surface area contributed by atoms with Gasteiger partial charge in [0.05, 0.1) is 5.75 Å². The van der Waals surface area contributed by atoms with E-state index < -0.39 is 0 Å². The van der Waals surface area contributed by atoms with E-state index in [9.17, 15) is 4.79 Å². The number of carbonyl (C=O) groups is 1. The molecule has 0 aliphatic carbocycles.